The van der Waals surface area contributed by atoms with Crippen molar-refractivity contribution in [2.24, 2.45) is 5.73 Å². The molecule has 1 fully saturated rings. The molecule has 0 saturated heterocycles. The maximum absolute atomic E-state index is 10.1. The van der Waals surface area contributed by atoms with Gasteiger partial charge in [0, 0.05) is 38.8 Å². The predicted molar refractivity (Wildman–Crippen MR) is 134 cm³/mol. The van der Waals surface area contributed by atoms with Gasteiger partial charge in [-0.1, -0.05) is 11.6 Å². The number of nitrogens with zero attached hydrogens (tertiary/aromatic N) is 7. The van der Waals surface area contributed by atoms with Crippen molar-refractivity contribution in [3.8, 4) is 11.3 Å². The van der Waals surface area contributed by atoms with E-state index in [2.05, 4.69) is 25.1 Å². The van der Waals surface area contributed by atoms with Gasteiger partial charge in [0.15, 0.2) is 11.5 Å². The van der Waals surface area contributed by atoms with Crippen LogP contribution < -0.4 is 15.5 Å². The molecule has 0 amide bonds. The normalized spacial score (nSPS) is 18.5. The second-order valence-corrected chi connectivity index (χ2v) is 9.41. The molecule has 0 spiro atoms. The lowest BCUT2D eigenvalue weighted by molar-refractivity contribution is 0.276. The number of hydrogen-bond donors (Lipinski definition) is 3. The second-order valence-electron chi connectivity index (χ2n) is 9.03. The van der Waals surface area contributed by atoms with E-state index in [1.807, 2.05) is 38.2 Å². The van der Waals surface area contributed by atoms with Crippen LogP contribution in [0, 0.1) is 0 Å². The summed E-state index contributed by atoms with van der Waals surface area (Å²) in [5.74, 6) is 1.34. The highest BCUT2D eigenvalue weighted by molar-refractivity contribution is 6.38. The summed E-state index contributed by atoms with van der Waals surface area (Å²) in [5, 5.41) is 18.0. The molecule has 4 N–H and O–H groups in total. The minimum absolute atomic E-state index is 0.181. The fraction of sp³-hybridized carbons (Fsp3) is 0.435. The number of anilines is 2. The van der Waals surface area contributed by atoms with Crippen LogP contribution in [-0.2, 0) is 6.61 Å². The summed E-state index contributed by atoms with van der Waals surface area (Å²) >= 11 is 6.79. The molecular formula is C23H28ClN9O. The number of nitrogens with two attached hydrogens (primary N) is 1. The minimum atomic E-state index is -0.241. The van der Waals surface area contributed by atoms with Gasteiger partial charge in [0.05, 0.1) is 23.3 Å². The van der Waals surface area contributed by atoms with Crippen molar-refractivity contribution in [2.75, 3.05) is 30.9 Å². The van der Waals surface area contributed by atoms with Crippen LogP contribution in [0.15, 0.2) is 18.3 Å². The van der Waals surface area contributed by atoms with Gasteiger partial charge in [0.2, 0.25) is 0 Å². The molecule has 3 aromatic heterocycles. The van der Waals surface area contributed by atoms with Crippen molar-refractivity contribution in [2.45, 2.75) is 44.4 Å². The standard InChI is InChI=1S/C23H28ClN9O/c1-32(2)17-10-26-15-8-7-14(18(24)20(15)28-17)19-21-22(31-30-19)29-23(16(11-34)27-21)33(3)13-6-4-5-12(25)9-13/h7-8,10,12-13,34H,4-6,9,11,25H2,1-3H3,(H,29,30,31)/t12-,13-/m1/s1. The Hall–Kier alpha value is -3.08. The Morgan fingerprint density at radius 1 is 1.15 bits per heavy atom. The smallest absolute Gasteiger partial charge is 0.177 e. The molecule has 0 radical (unpaired) electrons. The molecule has 0 aliphatic heterocycles. The second kappa shape index (κ2) is 8.94. The number of hydrogen-bond acceptors (Lipinski definition) is 9. The lowest BCUT2D eigenvalue weighted by Gasteiger charge is -2.35. The van der Waals surface area contributed by atoms with Crippen LogP contribution in [0.25, 0.3) is 33.5 Å². The van der Waals surface area contributed by atoms with Gasteiger partial charge in [0.25, 0.3) is 0 Å². The molecule has 1 saturated carbocycles. The van der Waals surface area contributed by atoms with E-state index in [-0.39, 0.29) is 18.7 Å². The van der Waals surface area contributed by atoms with Crippen molar-refractivity contribution in [3.05, 3.63) is 29.0 Å². The van der Waals surface area contributed by atoms with Crippen LogP contribution in [0.4, 0.5) is 11.6 Å². The van der Waals surface area contributed by atoms with Gasteiger partial charge >= 0.3 is 0 Å². The third-order valence-electron chi connectivity index (χ3n) is 6.52. The van der Waals surface area contributed by atoms with Crippen LogP contribution in [0.1, 0.15) is 31.4 Å². The zero-order valence-electron chi connectivity index (χ0n) is 19.5. The summed E-state index contributed by atoms with van der Waals surface area (Å²) < 4.78 is 0. The molecule has 0 bridgehead atoms. The third-order valence-corrected chi connectivity index (χ3v) is 6.90. The van der Waals surface area contributed by atoms with Gasteiger partial charge in [0.1, 0.15) is 28.2 Å². The Kier molecular flexibility index (Phi) is 5.97. The zero-order chi connectivity index (χ0) is 24.0. The number of aromatic nitrogens is 6. The summed E-state index contributed by atoms with van der Waals surface area (Å²) in [6.45, 7) is -0.241. The van der Waals surface area contributed by atoms with Gasteiger partial charge in [-0.25, -0.2) is 15.0 Å². The third kappa shape index (κ3) is 3.91. The lowest BCUT2D eigenvalue weighted by Crippen LogP contribution is -2.41. The van der Waals surface area contributed by atoms with Crippen LogP contribution >= 0.6 is 11.6 Å². The summed E-state index contributed by atoms with van der Waals surface area (Å²) in [6.07, 6.45) is 5.74. The largest absolute Gasteiger partial charge is 0.390 e. The fourth-order valence-corrected chi connectivity index (χ4v) is 4.89. The number of nitrogens with one attached hydrogen (secondary N) is 1. The van der Waals surface area contributed by atoms with Crippen LogP contribution in [-0.4, -0.2) is 68.5 Å². The zero-order valence-corrected chi connectivity index (χ0v) is 20.2. The van der Waals surface area contributed by atoms with E-state index < -0.39 is 0 Å². The summed E-state index contributed by atoms with van der Waals surface area (Å²) in [5.41, 5.74) is 10.2. The van der Waals surface area contributed by atoms with E-state index in [4.69, 9.17) is 27.3 Å². The monoisotopic (exact) mass is 481 g/mol. The number of fused-ring (bicyclic) bond motifs is 2. The highest BCUT2D eigenvalue weighted by atomic mass is 35.5. The Morgan fingerprint density at radius 2 is 1.97 bits per heavy atom. The number of benzene rings is 1. The number of rotatable bonds is 5. The average Bonchev–Trinajstić information content (AvgIpc) is 3.25. The van der Waals surface area contributed by atoms with Crippen molar-refractivity contribution in [3.63, 3.8) is 0 Å². The Morgan fingerprint density at radius 3 is 2.71 bits per heavy atom. The highest BCUT2D eigenvalue weighted by Crippen LogP contribution is 2.36. The van der Waals surface area contributed by atoms with Gasteiger partial charge in [-0.15, -0.1) is 0 Å². The van der Waals surface area contributed by atoms with Gasteiger partial charge < -0.3 is 20.6 Å². The van der Waals surface area contributed by atoms with E-state index in [1.165, 1.54) is 0 Å². The first kappa shape index (κ1) is 22.7. The van der Waals surface area contributed by atoms with Crippen LogP contribution in [0.5, 0.6) is 0 Å². The fourth-order valence-electron chi connectivity index (χ4n) is 4.60. The molecule has 4 aromatic rings. The quantitative estimate of drug-likeness (QED) is 0.393. The predicted octanol–water partition coefficient (Wildman–Crippen LogP) is 2.88. The van der Waals surface area contributed by atoms with Crippen molar-refractivity contribution in [1.82, 2.24) is 30.1 Å². The first-order valence-electron chi connectivity index (χ1n) is 11.3. The maximum atomic E-state index is 10.1. The van der Waals surface area contributed by atoms with Crippen molar-refractivity contribution in [1.29, 1.82) is 0 Å². The molecular weight excluding hydrogens is 454 g/mol. The van der Waals surface area contributed by atoms with E-state index in [9.17, 15) is 5.11 Å². The summed E-state index contributed by atoms with van der Waals surface area (Å²) in [4.78, 5) is 22.6. The number of H-pyrrole nitrogens is 1. The Balaban J connectivity index is 1.59. The molecule has 5 rings (SSSR count). The molecule has 0 unspecified atom stereocenters. The van der Waals surface area contributed by atoms with Gasteiger partial charge in [-0.2, -0.15) is 5.10 Å². The van der Waals surface area contributed by atoms with Crippen LogP contribution in [0.3, 0.4) is 0 Å². The molecule has 10 nitrogen and oxygen atoms in total. The summed E-state index contributed by atoms with van der Waals surface area (Å²) in [6, 6.07) is 4.15. The number of aliphatic hydroxyl groups is 1. The first-order chi connectivity index (χ1) is 16.4. The van der Waals surface area contributed by atoms with Crippen LogP contribution in [0.2, 0.25) is 5.02 Å². The van der Waals surface area contributed by atoms with Crippen molar-refractivity contribution < 1.29 is 5.11 Å². The van der Waals surface area contributed by atoms with E-state index >= 15 is 0 Å². The topological polar surface area (TPSA) is 133 Å². The average molecular weight is 482 g/mol. The molecule has 1 aliphatic rings. The molecule has 2 atom stereocenters. The van der Waals surface area contributed by atoms with Crippen molar-refractivity contribution >= 4 is 45.4 Å². The Bertz CT molecular complexity index is 1360. The molecule has 1 aromatic carbocycles. The summed E-state index contributed by atoms with van der Waals surface area (Å²) in [7, 11) is 5.78. The molecule has 3 heterocycles. The highest BCUT2D eigenvalue weighted by Gasteiger charge is 2.27. The molecule has 178 valence electrons. The minimum Gasteiger partial charge on any atom is -0.390 e. The molecule has 11 heteroatoms. The first-order valence-corrected chi connectivity index (χ1v) is 11.7. The van der Waals surface area contributed by atoms with E-state index in [0.717, 1.165) is 25.7 Å². The van der Waals surface area contributed by atoms with E-state index in [1.54, 1.807) is 6.20 Å². The maximum Gasteiger partial charge on any atom is 0.177 e. The molecule has 1 aliphatic carbocycles. The number of halogens is 1. The van der Waals surface area contributed by atoms with Gasteiger partial charge in [-0.3, -0.25) is 10.1 Å². The number of aromatic amines is 1. The number of aliphatic hydroxyl groups excluding tert-OH is 1. The van der Waals surface area contributed by atoms with Gasteiger partial charge in [-0.05, 0) is 37.8 Å². The SMILES string of the molecule is CN(C)c1cnc2ccc(-c3n[nH]c4nc(N(C)[C@@H]5CCC[C@@H](N)C5)c(CO)nc34)c(Cl)c2n1. The molecule has 34 heavy (non-hydrogen) atoms. The Labute approximate surface area is 202 Å². The van der Waals surface area contributed by atoms with E-state index in [0.29, 0.717) is 55.8 Å². The lowest BCUT2D eigenvalue weighted by atomic mass is 9.91.